The van der Waals surface area contributed by atoms with Crippen LogP contribution in [0.5, 0.6) is 0 Å². The van der Waals surface area contributed by atoms with Gasteiger partial charge in [-0.15, -0.1) is 6.42 Å². The Morgan fingerprint density at radius 1 is 1.50 bits per heavy atom. The van der Waals surface area contributed by atoms with Crippen molar-refractivity contribution in [2.45, 2.75) is 26.8 Å². The minimum atomic E-state index is -0.283. The Hall–Kier alpha value is -1.51. The molecule has 1 N–H and O–H groups in total. The van der Waals surface area contributed by atoms with Crippen molar-refractivity contribution >= 4 is 17.3 Å². The highest BCUT2D eigenvalue weighted by Gasteiger charge is 2.09. The Balaban J connectivity index is 2.70. The standard InChI is InChI=1S/C14H21ClN4O/c1-4-8-18(6-3)10-7-16-13-12(15)11-17-19(9-5-2)14(13)20/h2,11,16H,4,6-10H2,1,3H3. The van der Waals surface area contributed by atoms with Crippen molar-refractivity contribution in [2.24, 2.45) is 0 Å². The first-order chi connectivity index (χ1) is 9.63. The Morgan fingerprint density at radius 3 is 2.85 bits per heavy atom. The van der Waals surface area contributed by atoms with Crippen molar-refractivity contribution in [3.63, 3.8) is 0 Å². The minimum absolute atomic E-state index is 0.140. The molecule has 0 fully saturated rings. The largest absolute Gasteiger partial charge is 0.378 e. The Kier molecular flexibility index (Phi) is 7.13. The van der Waals surface area contributed by atoms with Crippen LogP contribution in [0.4, 0.5) is 5.69 Å². The van der Waals surface area contributed by atoms with E-state index in [1.165, 1.54) is 10.9 Å². The van der Waals surface area contributed by atoms with Gasteiger partial charge in [-0.3, -0.25) is 4.79 Å². The molecule has 1 rings (SSSR count). The van der Waals surface area contributed by atoms with Crippen LogP contribution in [0.15, 0.2) is 11.0 Å². The first-order valence-electron chi connectivity index (χ1n) is 6.79. The van der Waals surface area contributed by atoms with Crippen LogP contribution in [0.1, 0.15) is 20.3 Å². The highest BCUT2D eigenvalue weighted by molar-refractivity contribution is 6.32. The molecule has 1 aromatic rings. The first kappa shape index (κ1) is 16.5. The van der Waals surface area contributed by atoms with Crippen molar-refractivity contribution in [1.82, 2.24) is 14.7 Å². The van der Waals surface area contributed by atoms with E-state index in [-0.39, 0.29) is 12.1 Å². The molecular formula is C14H21ClN4O. The third-order valence-electron chi connectivity index (χ3n) is 2.96. The van der Waals surface area contributed by atoms with E-state index in [1.54, 1.807) is 0 Å². The molecular weight excluding hydrogens is 276 g/mol. The van der Waals surface area contributed by atoms with Crippen LogP contribution in [-0.2, 0) is 6.54 Å². The van der Waals surface area contributed by atoms with Gasteiger partial charge < -0.3 is 10.2 Å². The Bertz CT molecular complexity index is 521. The lowest BCUT2D eigenvalue weighted by Gasteiger charge is -2.20. The molecule has 0 spiro atoms. The predicted molar refractivity (Wildman–Crippen MR) is 83.2 cm³/mol. The van der Waals surface area contributed by atoms with Crippen LogP contribution in [0, 0.1) is 12.3 Å². The van der Waals surface area contributed by atoms with E-state index < -0.39 is 0 Å². The van der Waals surface area contributed by atoms with Gasteiger partial charge in [-0.25, -0.2) is 4.68 Å². The van der Waals surface area contributed by atoms with E-state index >= 15 is 0 Å². The number of nitrogens with one attached hydrogen (secondary N) is 1. The lowest BCUT2D eigenvalue weighted by atomic mass is 10.4. The zero-order chi connectivity index (χ0) is 15.0. The number of nitrogens with zero attached hydrogens (tertiary/aromatic N) is 3. The van der Waals surface area contributed by atoms with Crippen LogP contribution >= 0.6 is 11.6 Å². The molecule has 1 heterocycles. The summed E-state index contributed by atoms with van der Waals surface area (Å²) in [7, 11) is 0. The molecule has 110 valence electrons. The summed E-state index contributed by atoms with van der Waals surface area (Å²) in [6.45, 7) is 7.95. The van der Waals surface area contributed by atoms with Gasteiger partial charge in [0, 0.05) is 13.1 Å². The zero-order valence-electron chi connectivity index (χ0n) is 12.0. The molecule has 5 nitrogen and oxygen atoms in total. The summed E-state index contributed by atoms with van der Waals surface area (Å²) in [5.41, 5.74) is 0.0819. The summed E-state index contributed by atoms with van der Waals surface area (Å²) < 4.78 is 1.22. The summed E-state index contributed by atoms with van der Waals surface area (Å²) in [6, 6.07) is 0. The molecule has 0 aliphatic rings. The summed E-state index contributed by atoms with van der Waals surface area (Å²) in [6.07, 6.45) is 7.75. The zero-order valence-corrected chi connectivity index (χ0v) is 12.8. The van der Waals surface area contributed by atoms with Crippen LogP contribution in [0.2, 0.25) is 5.02 Å². The summed E-state index contributed by atoms with van der Waals surface area (Å²) in [5.74, 6) is 2.39. The molecule has 0 bridgehead atoms. The maximum absolute atomic E-state index is 12.1. The summed E-state index contributed by atoms with van der Waals surface area (Å²) in [5, 5.41) is 7.31. The third-order valence-corrected chi connectivity index (χ3v) is 3.24. The maximum Gasteiger partial charge on any atom is 0.292 e. The number of hydrogen-bond donors (Lipinski definition) is 1. The van der Waals surface area contributed by atoms with Crippen molar-refractivity contribution in [3.05, 3.63) is 21.6 Å². The topological polar surface area (TPSA) is 50.2 Å². The first-order valence-corrected chi connectivity index (χ1v) is 7.17. The van der Waals surface area contributed by atoms with Gasteiger partial charge in [0.05, 0.1) is 11.2 Å². The Morgan fingerprint density at radius 2 is 2.25 bits per heavy atom. The average molecular weight is 297 g/mol. The third kappa shape index (κ3) is 4.55. The lowest BCUT2D eigenvalue weighted by Crippen LogP contribution is -2.32. The molecule has 0 unspecified atom stereocenters. The van der Waals surface area contributed by atoms with Crippen LogP contribution in [0.3, 0.4) is 0 Å². The number of anilines is 1. The van der Waals surface area contributed by atoms with E-state index in [2.05, 4.69) is 35.1 Å². The van der Waals surface area contributed by atoms with Gasteiger partial charge in [0.25, 0.3) is 5.56 Å². The molecule has 0 aliphatic carbocycles. The smallest absolute Gasteiger partial charge is 0.292 e. The van der Waals surface area contributed by atoms with E-state index in [1.807, 2.05) is 0 Å². The SMILES string of the molecule is C#CCn1ncc(Cl)c(NCCN(CC)CCC)c1=O. The van der Waals surface area contributed by atoms with Crippen molar-refractivity contribution in [1.29, 1.82) is 0 Å². The van der Waals surface area contributed by atoms with Crippen molar-refractivity contribution < 1.29 is 0 Å². The van der Waals surface area contributed by atoms with Crippen LogP contribution < -0.4 is 10.9 Å². The molecule has 0 aromatic carbocycles. The average Bonchev–Trinajstić information content (AvgIpc) is 2.44. The van der Waals surface area contributed by atoms with E-state index in [4.69, 9.17) is 18.0 Å². The highest BCUT2D eigenvalue weighted by atomic mass is 35.5. The van der Waals surface area contributed by atoms with E-state index in [0.29, 0.717) is 17.3 Å². The van der Waals surface area contributed by atoms with Gasteiger partial charge >= 0.3 is 0 Å². The number of terminal acetylenes is 1. The number of aromatic nitrogens is 2. The number of likely N-dealkylation sites (N-methyl/N-ethyl adjacent to an activating group) is 1. The highest BCUT2D eigenvalue weighted by Crippen LogP contribution is 2.14. The van der Waals surface area contributed by atoms with Gasteiger partial charge in [-0.2, -0.15) is 5.10 Å². The molecule has 0 amide bonds. The predicted octanol–water partition coefficient (Wildman–Crippen LogP) is 1.67. The Labute approximate surface area is 124 Å². The number of rotatable bonds is 8. The van der Waals surface area contributed by atoms with Crippen LogP contribution in [-0.4, -0.2) is 40.9 Å². The number of halogens is 1. The van der Waals surface area contributed by atoms with Crippen molar-refractivity contribution in [3.8, 4) is 12.3 Å². The fourth-order valence-electron chi connectivity index (χ4n) is 1.91. The maximum atomic E-state index is 12.1. The second-order valence-electron chi connectivity index (χ2n) is 4.40. The molecule has 0 radical (unpaired) electrons. The fourth-order valence-corrected chi connectivity index (χ4v) is 2.10. The van der Waals surface area contributed by atoms with E-state index in [0.717, 1.165) is 26.1 Å². The van der Waals surface area contributed by atoms with Crippen molar-refractivity contribution in [2.75, 3.05) is 31.5 Å². The van der Waals surface area contributed by atoms with E-state index in [9.17, 15) is 4.79 Å². The molecule has 1 aromatic heterocycles. The fraction of sp³-hybridized carbons (Fsp3) is 0.571. The second kappa shape index (κ2) is 8.62. The molecule has 6 heteroatoms. The monoisotopic (exact) mass is 296 g/mol. The van der Waals surface area contributed by atoms with Gasteiger partial charge in [0.1, 0.15) is 12.2 Å². The normalized spacial score (nSPS) is 10.6. The summed E-state index contributed by atoms with van der Waals surface area (Å²) >= 11 is 6.01. The van der Waals surface area contributed by atoms with Gasteiger partial charge in [0.2, 0.25) is 0 Å². The van der Waals surface area contributed by atoms with Gasteiger partial charge in [-0.05, 0) is 19.5 Å². The number of hydrogen-bond acceptors (Lipinski definition) is 4. The van der Waals surface area contributed by atoms with Gasteiger partial charge in [0.15, 0.2) is 0 Å². The molecule has 0 atom stereocenters. The quantitative estimate of drug-likeness (QED) is 0.742. The lowest BCUT2D eigenvalue weighted by molar-refractivity contribution is 0.300. The molecule has 0 saturated carbocycles. The minimum Gasteiger partial charge on any atom is -0.378 e. The molecule has 0 aliphatic heterocycles. The summed E-state index contributed by atoms with van der Waals surface area (Å²) in [4.78, 5) is 14.4. The van der Waals surface area contributed by atoms with Gasteiger partial charge in [-0.1, -0.05) is 31.4 Å². The van der Waals surface area contributed by atoms with Crippen LogP contribution in [0.25, 0.3) is 0 Å². The second-order valence-corrected chi connectivity index (χ2v) is 4.80. The molecule has 0 saturated heterocycles. The molecule has 20 heavy (non-hydrogen) atoms.